The highest BCUT2D eigenvalue weighted by molar-refractivity contribution is 14.1. The van der Waals surface area contributed by atoms with Crippen molar-refractivity contribution < 1.29 is 0 Å². The second-order valence-corrected chi connectivity index (χ2v) is 6.43. The third kappa shape index (κ3) is 2.00. The quantitative estimate of drug-likeness (QED) is 0.645. The molecule has 6 heteroatoms. The summed E-state index contributed by atoms with van der Waals surface area (Å²) in [5.74, 6) is 3.66. The number of alkyl halides is 1. The van der Waals surface area contributed by atoms with Gasteiger partial charge in [0.05, 0.1) is 4.43 Å². The van der Waals surface area contributed by atoms with E-state index in [1.54, 1.807) is 6.33 Å². The molecule has 2 bridgehead atoms. The summed E-state index contributed by atoms with van der Waals surface area (Å²) < 4.78 is 0.863. The summed E-state index contributed by atoms with van der Waals surface area (Å²) in [5.41, 5.74) is 1.73. The molecule has 0 aliphatic heterocycles. The lowest BCUT2D eigenvalue weighted by Gasteiger charge is -2.23. The van der Waals surface area contributed by atoms with Crippen LogP contribution < -0.4 is 5.32 Å². The summed E-state index contributed by atoms with van der Waals surface area (Å²) in [6.45, 7) is 0. The standard InChI is InChI=1S/C13H16IN5/c14-5-10-18-11-12(15-6-16-13(11)19-10)17-9-4-7-1-2-8(9)3-7/h6-9H,1-5H2,(H2,15,16,17,18,19). The smallest absolute Gasteiger partial charge is 0.183 e. The van der Waals surface area contributed by atoms with E-state index in [1.165, 1.54) is 25.7 Å². The molecule has 19 heavy (non-hydrogen) atoms. The minimum absolute atomic E-state index is 0.586. The number of anilines is 1. The molecule has 0 radical (unpaired) electrons. The van der Waals surface area contributed by atoms with E-state index in [0.29, 0.717) is 6.04 Å². The van der Waals surface area contributed by atoms with Gasteiger partial charge in [0.25, 0.3) is 0 Å². The number of fused-ring (bicyclic) bond motifs is 3. The lowest BCUT2D eigenvalue weighted by Crippen LogP contribution is -2.26. The lowest BCUT2D eigenvalue weighted by atomic mass is 9.95. The van der Waals surface area contributed by atoms with Gasteiger partial charge in [-0.3, -0.25) is 0 Å². The molecule has 0 amide bonds. The lowest BCUT2D eigenvalue weighted by molar-refractivity contribution is 0.439. The van der Waals surface area contributed by atoms with Crippen molar-refractivity contribution >= 4 is 39.6 Å². The molecular weight excluding hydrogens is 353 g/mol. The normalized spacial score (nSPS) is 29.2. The molecule has 2 aliphatic rings. The predicted molar refractivity (Wildman–Crippen MR) is 82.3 cm³/mol. The molecule has 3 atom stereocenters. The van der Waals surface area contributed by atoms with Crippen molar-refractivity contribution in [3.63, 3.8) is 0 Å². The molecule has 2 aliphatic carbocycles. The van der Waals surface area contributed by atoms with Gasteiger partial charge in [0.15, 0.2) is 11.5 Å². The average Bonchev–Trinajstić information content (AvgIpc) is 3.12. The Morgan fingerprint density at radius 2 is 2.26 bits per heavy atom. The second kappa shape index (κ2) is 4.57. The van der Waals surface area contributed by atoms with Crippen LogP contribution in [0, 0.1) is 11.8 Å². The first-order chi connectivity index (χ1) is 9.33. The fourth-order valence-electron chi connectivity index (χ4n) is 3.65. The molecule has 5 nitrogen and oxygen atoms in total. The number of nitrogens with zero attached hydrogens (tertiary/aromatic N) is 3. The molecule has 2 heterocycles. The highest BCUT2D eigenvalue weighted by atomic mass is 127. The fourth-order valence-corrected chi connectivity index (χ4v) is 4.01. The molecule has 4 rings (SSSR count). The van der Waals surface area contributed by atoms with Crippen LogP contribution in [0.5, 0.6) is 0 Å². The monoisotopic (exact) mass is 369 g/mol. The molecule has 2 saturated carbocycles. The van der Waals surface area contributed by atoms with Gasteiger partial charge in [0.1, 0.15) is 17.7 Å². The Kier molecular flexibility index (Phi) is 2.86. The Bertz CT molecular complexity index is 610. The van der Waals surface area contributed by atoms with E-state index in [9.17, 15) is 0 Å². The molecule has 0 spiro atoms. The van der Waals surface area contributed by atoms with Gasteiger partial charge in [-0.1, -0.05) is 29.0 Å². The summed E-state index contributed by atoms with van der Waals surface area (Å²) in [5, 5.41) is 3.63. The van der Waals surface area contributed by atoms with E-state index in [2.05, 4.69) is 47.8 Å². The Hall–Kier alpha value is -0.920. The number of nitrogens with one attached hydrogen (secondary N) is 2. The number of halogens is 1. The van der Waals surface area contributed by atoms with Crippen molar-refractivity contribution in [2.75, 3.05) is 5.32 Å². The highest BCUT2D eigenvalue weighted by Crippen LogP contribution is 2.45. The van der Waals surface area contributed by atoms with Crippen LogP contribution in [0.25, 0.3) is 11.2 Å². The molecule has 2 aromatic rings. The first kappa shape index (κ1) is 11.9. The van der Waals surface area contributed by atoms with Crippen molar-refractivity contribution in [1.29, 1.82) is 0 Å². The van der Waals surface area contributed by atoms with Crippen LogP contribution in [-0.4, -0.2) is 26.0 Å². The zero-order chi connectivity index (χ0) is 12.8. The summed E-state index contributed by atoms with van der Waals surface area (Å²) in [7, 11) is 0. The maximum Gasteiger partial charge on any atom is 0.183 e. The summed E-state index contributed by atoms with van der Waals surface area (Å²) in [6, 6.07) is 0.586. The van der Waals surface area contributed by atoms with Gasteiger partial charge < -0.3 is 10.3 Å². The van der Waals surface area contributed by atoms with Crippen molar-refractivity contribution in [1.82, 2.24) is 19.9 Å². The summed E-state index contributed by atoms with van der Waals surface area (Å²) in [6.07, 6.45) is 7.09. The van der Waals surface area contributed by atoms with Gasteiger partial charge in [-0.15, -0.1) is 0 Å². The first-order valence-corrected chi connectivity index (χ1v) is 8.38. The minimum atomic E-state index is 0.586. The zero-order valence-corrected chi connectivity index (χ0v) is 12.7. The van der Waals surface area contributed by atoms with Crippen molar-refractivity contribution in [2.45, 2.75) is 36.2 Å². The van der Waals surface area contributed by atoms with Gasteiger partial charge in [0, 0.05) is 6.04 Å². The van der Waals surface area contributed by atoms with Gasteiger partial charge >= 0.3 is 0 Å². The Morgan fingerprint density at radius 1 is 1.32 bits per heavy atom. The number of rotatable bonds is 3. The zero-order valence-electron chi connectivity index (χ0n) is 10.6. The van der Waals surface area contributed by atoms with Crippen LogP contribution in [0.2, 0.25) is 0 Å². The minimum Gasteiger partial charge on any atom is -0.365 e. The van der Waals surface area contributed by atoms with Crippen molar-refractivity contribution in [2.24, 2.45) is 11.8 Å². The molecular formula is C13H16IN5. The number of aromatic nitrogens is 4. The second-order valence-electron chi connectivity index (χ2n) is 5.66. The molecule has 2 N–H and O–H groups in total. The van der Waals surface area contributed by atoms with Crippen molar-refractivity contribution in [3.8, 4) is 0 Å². The molecule has 0 saturated heterocycles. The number of aromatic amines is 1. The molecule has 100 valence electrons. The number of H-pyrrole nitrogens is 1. The van der Waals surface area contributed by atoms with E-state index < -0.39 is 0 Å². The number of hydrogen-bond donors (Lipinski definition) is 2. The molecule has 2 aromatic heterocycles. The van der Waals surface area contributed by atoms with E-state index in [1.807, 2.05) is 0 Å². The molecule has 2 fully saturated rings. The van der Waals surface area contributed by atoms with Crippen molar-refractivity contribution in [3.05, 3.63) is 12.2 Å². The fraction of sp³-hybridized carbons (Fsp3) is 0.615. The van der Waals surface area contributed by atoms with Crippen LogP contribution in [-0.2, 0) is 4.43 Å². The van der Waals surface area contributed by atoms with Crippen LogP contribution in [0.3, 0.4) is 0 Å². The first-order valence-electron chi connectivity index (χ1n) is 6.85. The van der Waals surface area contributed by atoms with E-state index in [-0.39, 0.29) is 0 Å². The van der Waals surface area contributed by atoms with Crippen LogP contribution in [0.15, 0.2) is 6.33 Å². The predicted octanol–water partition coefficient (Wildman–Crippen LogP) is 2.89. The van der Waals surface area contributed by atoms with E-state index in [4.69, 9.17) is 0 Å². The van der Waals surface area contributed by atoms with Gasteiger partial charge in [-0.05, 0) is 31.1 Å². The summed E-state index contributed by atoms with van der Waals surface area (Å²) >= 11 is 2.30. The maximum atomic E-state index is 4.46. The van der Waals surface area contributed by atoms with Crippen LogP contribution in [0.4, 0.5) is 5.82 Å². The van der Waals surface area contributed by atoms with E-state index >= 15 is 0 Å². The van der Waals surface area contributed by atoms with Crippen LogP contribution in [0.1, 0.15) is 31.5 Å². The number of imidazole rings is 1. The van der Waals surface area contributed by atoms with Crippen LogP contribution >= 0.6 is 22.6 Å². The highest BCUT2D eigenvalue weighted by Gasteiger charge is 2.39. The third-order valence-electron chi connectivity index (χ3n) is 4.52. The average molecular weight is 369 g/mol. The Morgan fingerprint density at radius 3 is 3.00 bits per heavy atom. The molecule has 0 aromatic carbocycles. The molecule has 3 unspecified atom stereocenters. The summed E-state index contributed by atoms with van der Waals surface area (Å²) in [4.78, 5) is 16.4. The number of hydrogen-bond acceptors (Lipinski definition) is 4. The van der Waals surface area contributed by atoms with Gasteiger partial charge in [0.2, 0.25) is 0 Å². The van der Waals surface area contributed by atoms with E-state index in [0.717, 1.165) is 39.1 Å². The van der Waals surface area contributed by atoms with Gasteiger partial charge in [-0.25, -0.2) is 15.0 Å². The maximum absolute atomic E-state index is 4.46. The largest absolute Gasteiger partial charge is 0.365 e. The SMILES string of the molecule is ICc1nc2ncnc(NC3CC4CCC3C4)c2[nH]1. The third-order valence-corrected chi connectivity index (χ3v) is 5.25. The van der Waals surface area contributed by atoms with Gasteiger partial charge in [-0.2, -0.15) is 0 Å². The topological polar surface area (TPSA) is 66.5 Å². The Labute approximate surface area is 125 Å². The Balaban J connectivity index is 1.65.